The molecule has 4 nitrogen and oxygen atoms in total. The summed E-state index contributed by atoms with van der Waals surface area (Å²) in [4.78, 5) is 16.3. The zero-order valence-corrected chi connectivity index (χ0v) is 15.1. The molecular weight excluding hydrogens is 312 g/mol. The third-order valence-corrected chi connectivity index (χ3v) is 5.93. The normalized spacial score (nSPS) is 18.8. The van der Waals surface area contributed by atoms with Crippen LogP contribution in [0.25, 0.3) is 11.1 Å². The third-order valence-electron chi connectivity index (χ3n) is 5.93. The highest BCUT2D eigenvalue weighted by Gasteiger charge is 2.42. The van der Waals surface area contributed by atoms with Crippen molar-refractivity contribution < 1.29 is 9.21 Å². The van der Waals surface area contributed by atoms with Crippen molar-refractivity contribution >= 4 is 5.91 Å². The van der Waals surface area contributed by atoms with E-state index in [1.807, 2.05) is 36.2 Å². The van der Waals surface area contributed by atoms with Gasteiger partial charge in [-0.05, 0) is 68.0 Å². The number of fused-ring (bicyclic) bond motifs is 2. The van der Waals surface area contributed by atoms with Gasteiger partial charge in [-0.15, -0.1) is 0 Å². The van der Waals surface area contributed by atoms with E-state index < -0.39 is 0 Å². The average molecular weight is 338 g/mol. The van der Waals surface area contributed by atoms with Gasteiger partial charge >= 0.3 is 0 Å². The summed E-state index contributed by atoms with van der Waals surface area (Å²) in [6, 6.07) is 8.88. The fourth-order valence-electron chi connectivity index (χ4n) is 4.48. The molecular formula is C21H26N2O2. The van der Waals surface area contributed by atoms with E-state index in [0.29, 0.717) is 6.54 Å². The zero-order valence-electron chi connectivity index (χ0n) is 15.1. The Morgan fingerprint density at radius 3 is 2.64 bits per heavy atom. The molecule has 132 valence electrons. The molecule has 1 aliphatic heterocycles. The van der Waals surface area contributed by atoms with Crippen molar-refractivity contribution in [2.45, 2.75) is 31.1 Å². The highest BCUT2D eigenvalue weighted by molar-refractivity contribution is 5.78. The van der Waals surface area contributed by atoms with E-state index in [1.165, 1.54) is 23.1 Å². The van der Waals surface area contributed by atoms with Gasteiger partial charge in [-0.3, -0.25) is 4.79 Å². The van der Waals surface area contributed by atoms with Crippen molar-refractivity contribution in [2.24, 2.45) is 0 Å². The number of likely N-dealkylation sites (tertiary alicyclic amines) is 1. The Labute approximate surface area is 149 Å². The number of nitrogens with zero attached hydrogens (tertiary/aromatic N) is 2. The topological polar surface area (TPSA) is 36.7 Å². The van der Waals surface area contributed by atoms with E-state index in [2.05, 4.69) is 18.2 Å². The summed E-state index contributed by atoms with van der Waals surface area (Å²) in [5, 5.41) is 0. The second kappa shape index (κ2) is 6.34. The quantitative estimate of drug-likeness (QED) is 0.861. The van der Waals surface area contributed by atoms with Crippen LogP contribution in [-0.2, 0) is 16.6 Å². The van der Waals surface area contributed by atoms with Gasteiger partial charge in [-0.25, -0.2) is 0 Å². The summed E-state index contributed by atoms with van der Waals surface area (Å²) in [7, 11) is 3.90. The fourth-order valence-corrected chi connectivity index (χ4v) is 4.48. The first-order valence-corrected chi connectivity index (χ1v) is 9.16. The molecule has 25 heavy (non-hydrogen) atoms. The molecule has 1 aromatic heterocycles. The molecule has 0 saturated carbocycles. The summed E-state index contributed by atoms with van der Waals surface area (Å²) < 4.78 is 5.25. The number of likely N-dealkylation sites (N-methyl/N-ethyl adjacent to an activating group) is 1. The van der Waals surface area contributed by atoms with Gasteiger partial charge in [-0.2, -0.15) is 0 Å². The summed E-state index contributed by atoms with van der Waals surface area (Å²) in [6.45, 7) is 2.26. The molecule has 4 heteroatoms. The maximum Gasteiger partial charge on any atom is 0.236 e. The number of piperidine rings is 1. The maximum absolute atomic E-state index is 12.3. The summed E-state index contributed by atoms with van der Waals surface area (Å²) >= 11 is 0. The van der Waals surface area contributed by atoms with Crippen LogP contribution in [0.4, 0.5) is 0 Å². The predicted octanol–water partition coefficient (Wildman–Crippen LogP) is 3.31. The molecule has 1 fully saturated rings. The molecule has 0 bridgehead atoms. The van der Waals surface area contributed by atoms with E-state index in [0.717, 1.165) is 37.9 Å². The van der Waals surface area contributed by atoms with Gasteiger partial charge in [0, 0.05) is 18.7 Å². The van der Waals surface area contributed by atoms with E-state index in [-0.39, 0.29) is 11.3 Å². The van der Waals surface area contributed by atoms with Crippen molar-refractivity contribution in [1.82, 2.24) is 9.80 Å². The van der Waals surface area contributed by atoms with Gasteiger partial charge < -0.3 is 14.2 Å². The van der Waals surface area contributed by atoms with Gasteiger partial charge in [0.1, 0.15) is 0 Å². The number of furan rings is 1. The lowest BCUT2D eigenvalue weighted by atomic mass is 9.73. The number of aryl methyl sites for hydroxylation is 1. The zero-order chi connectivity index (χ0) is 17.4. The van der Waals surface area contributed by atoms with E-state index >= 15 is 0 Å². The number of hydrogen-bond donors (Lipinski definition) is 0. The highest BCUT2D eigenvalue weighted by Crippen LogP contribution is 2.47. The smallest absolute Gasteiger partial charge is 0.236 e. The molecule has 2 aromatic rings. The maximum atomic E-state index is 12.3. The largest absolute Gasteiger partial charge is 0.472 e. The van der Waals surface area contributed by atoms with Crippen molar-refractivity contribution in [3.05, 3.63) is 47.9 Å². The Morgan fingerprint density at radius 2 is 1.96 bits per heavy atom. The van der Waals surface area contributed by atoms with E-state index in [1.54, 1.807) is 6.26 Å². The molecule has 0 atom stereocenters. The fraction of sp³-hybridized carbons (Fsp3) is 0.476. The van der Waals surface area contributed by atoms with E-state index in [4.69, 9.17) is 4.42 Å². The number of amides is 1. The number of benzene rings is 1. The molecule has 4 rings (SSSR count). The highest BCUT2D eigenvalue weighted by atomic mass is 16.3. The van der Waals surface area contributed by atoms with Crippen LogP contribution in [0, 0.1) is 0 Å². The minimum absolute atomic E-state index is 0.254. The van der Waals surface area contributed by atoms with Crippen LogP contribution < -0.4 is 0 Å². The molecule has 2 heterocycles. The average Bonchev–Trinajstić information content (AvgIpc) is 3.24. The second-order valence-electron chi connectivity index (χ2n) is 7.78. The third kappa shape index (κ3) is 2.99. The van der Waals surface area contributed by atoms with Crippen LogP contribution in [0.1, 0.15) is 30.4 Å². The van der Waals surface area contributed by atoms with Crippen molar-refractivity contribution in [3.8, 4) is 11.1 Å². The number of rotatable bonds is 3. The number of carbonyl (C=O) groups excluding carboxylic acids is 1. The van der Waals surface area contributed by atoms with Gasteiger partial charge in [-0.1, -0.05) is 18.2 Å². The Balaban J connectivity index is 1.54. The molecule has 1 spiro atoms. The lowest BCUT2D eigenvalue weighted by molar-refractivity contribution is -0.133. The molecule has 1 amide bonds. The van der Waals surface area contributed by atoms with Crippen molar-refractivity contribution in [3.63, 3.8) is 0 Å². The summed E-state index contributed by atoms with van der Waals surface area (Å²) in [5.41, 5.74) is 5.62. The molecule has 2 aliphatic rings. The minimum Gasteiger partial charge on any atom is -0.472 e. The Hall–Kier alpha value is -2.07. The van der Waals surface area contributed by atoms with Crippen LogP contribution in [-0.4, -0.2) is 49.4 Å². The van der Waals surface area contributed by atoms with Gasteiger partial charge in [0.25, 0.3) is 0 Å². The SMILES string of the molecule is CN(C)CC(=O)N1CCC2(CCc3ccc(-c4ccoc4)cc32)CC1. The van der Waals surface area contributed by atoms with Gasteiger partial charge in [0.15, 0.2) is 0 Å². The molecule has 1 aromatic carbocycles. The Bertz CT molecular complexity index is 756. The second-order valence-corrected chi connectivity index (χ2v) is 7.78. The lowest BCUT2D eigenvalue weighted by Gasteiger charge is -2.40. The first-order valence-electron chi connectivity index (χ1n) is 9.16. The number of hydrogen-bond acceptors (Lipinski definition) is 3. The van der Waals surface area contributed by atoms with Crippen LogP contribution in [0.5, 0.6) is 0 Å². The van der Waals surface area contributed by atoms with Crippen LogP contribution in [0.3, 0.4) is 0 Å². The molecule has 1 saturated heterocycles. The first-order chi connectivity index (χ1) is 12.1. The molecule has 0 unspecified atom stereocenters. The lowest BCUT2D eigenvalue weighted by Crippen LogP contribution is -2.46. The van der Waals surface area contributed by atoms with Gasteiger partial charge in [0.2, 0.25) is 5.91 Å². The summed E-state index contributed by atoms with van der Waals surface area (Å²) in [6.07, 6.45) is 8.07. The summed E-state index contributed by atoms with van der Waals surface area (Å²) in [5.74, 6) is 0.255. The minimum atomic E-state index is 0.254. The van der Waals surface area contributed by atoms with Crippen molar-refractivity contribution in [2.75, 3.05) is 33.7 Å². The van der Waals surface area contributed by atoms with E-state index in [9.17, 15) is 4.79 Å². The first kappa shape index (κ1) is 16.4. The Kier molecular flexibility index (Phi) is 4.16. The number of carbonyl (C=O) groups is 1. The predicted molar refractivity (Wildman–Crippen MR) is 98.5 cm³/mol. The molecule has 0 N–H and O–H groups in total. The molecule has 0 radical (unpaired) electrons. The van der Waals surface area contributed by atoms with Crippen LogP contribution >= 0.6 is 0 Å². The van der Waals surface area contributed by atoms with Crippen LogP contribution in [0.15, 0.2) is 41.2 Å². The van der Waals surface area contributed by atoms with Gasteiger partial charge in [0.05, 0.1) is 19.1 Å². The van der Waals surface area contributed by atoms with Crippen LogP contribution in [0.2, 0.25) is 0 Å². The molecule has 1 aliphatic carbocycles. The Morgan fingerprint density at radius 1 is 1.16 bits per heavy atom. The monoisotopic (exact) mass is 338 g/mol. The standard InChI is InChI=1S/C21H26N2O2/c1-22(2)14-20(24)23-10-8-21(9-11-23)7-5-16-3-4-17(13-19(16)21)18-6-12-25-15-18/h3-4,6,12-13,15H,5,7-11,14H2,1-2H3. The van der Waals surface area contributed by atoms with Crippen molar-refractivity contribution in [1.29, 1.82) is 0 Å².